The summed E-state index contributed by atoms with van der Waals surface area (Å²) in [6, 6.07) is 2.82. The van der Waals surface area contributed by atoms with Crippen LogP contribution in [0.5, 0.6) is 17.2 Å². The first-order chi connectivity index (χ1) is 14.5. The van der Waals surface area contributed by atoms with Gasteiger partial charge >= 0.3 is 0 Å². The maximum atomic E-state index is 12.0. The van der Waals surface area contributed by atoms with Crippen LogP contribution >= 0.6 is 0 Å². The number of rotatable bonds is 19. The topological polar surface area (TPSA) is 89.8 Å². The van der Waals surface area contributed by atoms with E-state index < -0.39 is 16.7 Å². The smallest absolute Gasteiger partial charge is 0.200 e. The van der Waals surface area contributed by atoms with Crippen molar-refractivity contribution < 1.29 is 19.5 Å². The van der Waals surface area contributed by atoms with E-state index in [0.717, 1.165) is 12.8 Å². The van der Waals surface area contributed by atoms with Crippen molar-refractivity contribution in [3.05, 3.63) is 17.7 Å². The first kappa shape index (κ1) is 26.8. The summed E-state index contributed by atoms with van der Waals surface area (Å²) in [5, 5.41) is 28.3. The summed E-state index contributed by atoms with van der Waals surface area (Å²) in [4.78, 5) is 0. The second kappa shape index (κ2) is 17.4. The Kier molecular flexibility index (Phi) is 15.5. The van der Waals surface area contributed by atoms with Gasteiger partial charge in [0, 0.05) is 12.3 Å². The van der Waals surface area contributed by atoms with E-state index in [-0.39, 0.29) is 11.5 Å². The minimum absolute atomic E-state index is 0.339. The van der Waals surface area contributed by atoms with Gasteiger partial charge < -0.3 is 15.3 Å². The van der Waals surface area contributed by atoms with Gasteiger partial charge in [0.2, 0.25) is 0 Å². The molecule has 174 valence electrons. The molecule has 5 nitrogen and oxygen atoms in total. The number of phenolic OH excluding ortho intramolecular Hbond substituents is 3. The Morgan fingerprint density at radius 2 is 1.17 bits per heavy atom. The third kappa shape index (κ3) is 13.1. The van der Waals surface area contributed by atoms with Crippen molar-refractivity contribution >= 4 is 11.0 Å². The zero-order chi connectivity index (χ0) is 22.0. The molecule has 0 amide bonds. The lowest BCUT2D eigenvalue weighted by Gasteiger charge is -2.07. The van der Waals surface area contributed by atoms with Gasteiger partial charge in [0.1, 0.15) is 0 Å². The van der Waals surface area contributed by atoms with Crippen molar-refractivity contribution in [2.75, 3.05) is 12.3 Å². The molecule has 1 aromatic rings. The van der Waals surface area contributed by atoms with Gasteiger partial charge in [0.15, 0.2) is 17.2 Å². The van der Waals surface area contributed by atoms with Crippen molar-refractivity contribution in [1.29, 1.82) is 0 Å². The molecule has 6 heteroatoms. The highest BCUT2D eigenvalue weighted by Crippen LogP contribution is 2.35. The monoisotopic (exact) mass is 441 g/mol. The number of aromatic hydroxyl groups is 3. The van der Waals surface area contributed by atoms with Crippen LogP contribution in [0.1, 0.15) is 102 Å². The lowest BCUT2D eigenvalue weighted by Crippen LogP contribution is -2.22. The fourth-order valence-corrected chi connectivity index (χ4v) is 4.55. The second-order valence-corrected chi connectivity index (χ2v) is 9.66. The maximum absolute atomic E-state index is 12.0. The molecule has 0 bridgehead atoms. The predicted molar refractivity (Wildman–Crippen MR) is 126 cm³/mol. The van der Waals surface area contributed by atoms with Crippen LogP contribution in [-0.4, -0.2) is 31.8 Å². The Bertz CT molecular complexity index is 572. The van der Waals surface area contributed by atoms with E-state index in [1.807, 2.05) is 0 Å². The minimum Gasteiger partial charge on any atom is -0.504 e. The number of phenols is 3. The van der Waals surface area contributed by atoms with Gasteiger partial charge in [0.05, 0.1) is 11.0 Å². The highest BCUT2D eigenvalue weighted by molar-refractivity contribution is 7.83. The zero-order valence-electron chi connectivity index (χ0n) is 18.8. The molecule has 0 aromatic heterocycles. The number of benzene rings is 1. The van der Waals surface area contributed by atoms with Crippen molar-refractivity contribution in [2.45, 2.75) is 103 Å². The number of hydrogen-bond donors (Lipinski definition) is 4. The molecule has 1 atom stereocenters. The van der Waals surface area contributed by atoms with Gasteiger partial charge in [-0.05, 0) is 30.5 Å². The average Bonchev–Trinajstić information content (AvgIpc) is 2.72. The first-order valence-corrected chi connectivity index (χ1v) is 13.2. The summed E-state index contributed by atoms with van der Waals surface area (Å²) < 4.78 is 15.0. The highest BCUT2D eigenvalue weighted by Gasteiger charge is 2.08. The molecule has 1 rings (SSSR count). The van der Waals surface area contributed by atoms with Crippen LogP contribution in [0.3, 0.4) is 0 Å². The van der Waals surface area contributed by atoms with E-state index in [2.05, 4.69) is 11.6 Å². The van der Waals surface area contributed by atoms with Gasteiger partial charge in [-0.3, -0.25) is 0 Å². The Morgan fingerprint density at radius 3 is 1.63 bits per heavy atom. The van der Waals surface area contributed by atoms with Crippen LogP contribution < -0.4 is 4.72 Å². The minimum atomic E-state index is -1.05. The standard InChI is InChI=1S/C24H43NO4S/c1-2-3-4-5-6-7-8-9-10-11-12-13-14-15-18-30(29)25-17-16-21-19-22(26)24(28)23(27)20-21/h19-20,25-28H,2-18H2,1H3. The third-order valence-electron chi connectivity index (χ3n) is 5.49. The fourth-order valence-electron chi connectivity index (χ4n) is 3.61. The summed E-state index contributed by atoms with van der Waals surface area (Å²) in [5.74, 6) is -0.528. The average molecular weight is 442 g/mol. The molecule has 0 aliphatic rings. The van der Waals surface area contributed by atoms with Crippen LogP contribution in [0.4, 0.5) is 0 Å². The number of hydrogen-bond acceptors (Lipinski definition) is 4. The summed E-state index contributed by atoms with van der Waals surface area (Å²) in [6.45, 7) is 2.76. The summed E-state index contributed by atoms with van der Waals surface area (Å²) in [5.41, 5.74) is 0.684. The Balaban J connectivity index is 1.90. The molecular formula is C24H43NO4S. The third-order valence-corrected chi connectivity index (χ3v) is 6.68. The van der Waals surface area contributed by atoms with Crippen molar-refractivity contribution in [3.63, 3.8) is 0 Å². The summed E-state index contributed by atoms with van der Waals surface area (Å²) in [6.07, 6.45) is 18.9. The van der Waals surface area contributed by atoms with Gasteiger partial charge in [-0.1, -0.05) is 90.4 Å². The Morgan fingerprint density at radius 1 is 0.733 bits per heavy atom. The lowest BCUT2D eigenvalue weighted by molar-refractivity contribution is 0.367. The van der Waals surface area contributed by atoms with Crippen LogP contribution in [0.15, 0.2) is 12.1 Å². The normalized spacial score (nSPS) is 12.3. The summed E-state index contributed by atoms with van der Waals surface area (Å²) in [7, 11) is -1.05. The Hall–Kier alpha value is -1.27. The largest absolute Gasteiger partial charge is 0.504 e. The quantitative estimate of drug-likeness (QED) is 0.155. The fraction of sp³-hybridized carbons (Fsp3) is 0.750. The molecule has 0 aliphatic carbocycles. The van der Waals surface area contributed by atoms with Gasteiger partial charge in [-0.15, -0.1) is 0 Å². The van der Waals surface area contributed by atoms with Crippen LogP contribution in [0, 0.1) is 0 Å². The number of nitrogens with one attached hydrogen (secondary N) is 1. The predicted octanol–water partition coefficient (Wildman–Crippen LogP) is 6.08. The molecule has 0 heterocycles. The highest BCUT2D eigenvalue weighted by atomic mass is 32.2. The van der Waals surface area contributed by atoms with Crippen molar-refractivity contribution in [3.8, 4) is 17.2 Å². The van der Waals surface area contributed by atoms with E-state index >= 15 is 0 Å². The molecule has 4 N–H and O–H groups in total. The molecule has 1 unspecified atom stereocenters. The Labute approximate surface area is 185 Å². The molecule has 0 saturated carbocycles. The van der Waals surface area contributed by atoms with Gasteiger partial charge in [-0.25, -0.2) is 8.93 Å². The van der Waals surface area contributed by atoms with Gasteiger partial charge in [0.25, 0.3) is 0 Å². The molecule has 30 heavy (non-hydrogen) atoms. The SMILES string of the molecule is CCCCCCCCCCCCCCCCS(=O)NCCc1cc(O)c(O)c(O)c1. The number of unbranched alkanes of at least 4 members (excludes halogenated alkanes) is 13. The lowest BCUT2D eigenvalue weighted by atomic mass is 10.0. The maximum Gasteiger partial charge on any atom is 0.200 e. The van der Waals surface area contributed by atoms with Gasteiger partial charge in [-0.2, -0.15) is 0 Å². The van der Waals surface area contributed by atoms with E-state index in [9.17, 15) is 19.5 Å². The molecule has 0 spiro atoms. The van der Waals surface area contributed by atoms with E-state index in [1.54, 1.807) is 0 Å². The van der Waals surface area contributed by atoms with Crippen LogP contribution in [0.2, 0.25) is 0 Å². The second-order valence-electron chi connectivity index (χ2n) is 8.27. The molecule has 0 radical (unpaired) electrons. The molecule has 1 aromatic carbocycles. The van der Waals surface area contributed by atoms with Crippen molar-refractivity contribution in [2.24, 2.45) is 0 Å². The molecular weight excluding hydrogens is 398 g/mol. The molecule has 0 aliphatic heterocycles. The van der Waals surface area contributed by atoms with Crippen LogP contribution in [0.25, 0.3) is 0 Å². The van der Waals surface area contributed by atoms with Crippen LogP contribution in [-0.2, 0) is 17.4 Å². The molecule has 0 saturated heterocycles. The molecule has 0 fully saturated rings. The van der Waals surface area contributed by atoms with E-state index in [4.69, 9.17) is 0 Å². The van der Waals surface area contributed by atoms with E-state index in [1.165, 1.54) is 89.2 Å². The van der Waals surface area contributed by atoms with Crippen molar-refractivity contribution in [1.82, 2.24) is 4.72 Å². The zero-order valence-corrected chi connectivity index (χ0v) is 19.7. The van der Waals surface area contributed by atoms with E-state index in [0.29, 0.717) is 24.3 Å². The summed E-state index contributed by atoms with van der Waals surface area (Å²) >= 11 is 0. The first-order valence-electron chi connectivity index (χ1n) is 11.9.